The summed E-state index contributed by atoms with van der Waals surface area (Å²) >= 11 is 0. The molecular formula is C13H18O. The Morgan fingerprint density at radius 1 is 1.36 bits per heavy atom. The fourth-order valence-corrected chi connectivity index (χ4v) is 2.23. The van der Waals surface area contributed by atoms with E-state index < -0.39 is 0 Å². The van der Waals surface area contributed by atoms with Crippen LogP contribution >= 0.6 is 0 Å². The van der Waals surface area contributed by atoms with E-state index in [1.807, 2.05) is 0 Å². The van der Waals surface area contributed by atoms with Gasteiger partial charge in [0.1, 0.15) is 11.4 Å². The average molecular weight is 190 g/mol. The normalized spacial score (nSPS) is 25.3. The van der Waals surface area contributed by atoms with Crippen LogP contribution in [-0.4, -0.2) is 5.60 Å². The molecule has 1 aromatic rings. The number of benzene rings is 1. The zero-order valence-electron chi connectivity index (χ0n) is 9.05. The molecule has 1 aromatic carbocycles. The highest BCUT2D eigenvalue weighted by Crippen LogP contribution is 2.35. The Kier molecular flexibility index (Phi) is 2.49. The summed E-state index contributed by atoms with van der Waals surface area (Å²) in [5.41, 5.74) is 1.43. The van der Waals surface area contributed by atoms with Crippen LogP contribution in [0.25, 0.3) is 0 Å². The highest BCUT2D eigenvalue weighted by Gasteiger charge is 2.29. The largest absolute Gasteiger partial charge is 0.487 e. The summed E-state index contributed by atoms with van der Waals surface area (Å²) in [5, 5.41) is 0. The lowest BCUT2D eigenvalue weighted by Gasteiger charge is -2.35. The van der Waals surface area contributed by atoms with Crippen molar-refractivity contribution in [3.05, 3.63) is 29.8 Å². The van der Waals surface area contributed by atoms with Crippen LogP contribution < -0.4 is 4.74 Å². The first-order chi connectivity index (χ1) is 6.73. The van der Waals surface area contributed by atoms with E-state index in [1.165, 1.54) is 12.0 Å². The Morgan fingerprint density at radius 2 is 2.14 bits per heavy atom. The first kappa shape index (κ1) is 9.57. The molecule has 14 heavy (non-hydrogen) atoms. The molecule has 1 heterocycles. The SMILES string of the molecule is CCC[C@]1(C)CCc2ccccc2O1. The van der Waals surface area contributed by atoms with Crippen LogP contribution in [0.15, 0.2) is 24.3 Å². The molecule has 1 heteroatoms. The monoisotopic (exact) mass is 190 g/mol. The lowest BCUT2D eigenvalue weighted by Crippen LogP contribution is -2.35. The van der Waals surface area contributed by atoms with E-state index in [0.29, 0.717) is 0 Å². The molecule has 1 nitrogen and oxygen atoms in total. The summed E-state index contributed by atoms with van der Waals surface area (Å²) in [6, 6.07) is 8.39. The lowest BCUT2D eigenvalue weighted by atomic mass is 9.89. The van der Waals surface area contributed by atoms with E-state index in [2.05, 4.69) is 38.1 Å². The minimum Gasteiger partial charge on any atom is -0.487 e. The van der Waals surface area contributed by atoms with Gasteiger partial charge in [-0.25, -0.2) is 0 Å². The van der Waals surface area contributed by atoms with Gasteiger partial charge < -0.3 is 4.74 Å². The molecule has 0 saturated carbocycles. The first-order valence-electron chi connectivity index (χ1n) is 5.50. The van der Waals surface area contributed by atoms with Gasteiger partial charge in [0.2, 0.25) is 0 Å². The molecule has 0 unspecified atom stereocenters. The predicted octanol–water partition coefficient (Wildman–Crippen LogP) is 3.57. The second-order valence-electron chi connectivity index (χ2n) is 4.41. The Hall–Kier alpha value is -0.980. The van der Waals surface area contributed by atoms with E-state index in [9.17, 15) is 0 Å². The molecular weight excluding hydrogens is 172 g/mol. The van der Waals surface area contributed by atoms with E-state index in [4.69, 9.17) is 4.74 Å². The Bertz CT molecular complexity index is 319. The van der Waals surface area contributed by atoms with Crippen molar-refractivity contribution in [2.24, 2.45) is 0 Å². The van der Waals surface area contributed by atoms with Crippen LogP contribution in [0.4, 0.5) is 0 Å². The van der Waals surface area contributed by atoms with Crippen LogP contribution in [0.5, 0.6) is 5.75 Å². The average Bonchev–Trinajstić information content (AvgIpc) is 2.17. The molecule has 2 rings (SSSR count). The van der Waals surface area contributed by atoms with Crippen LogP contribution in [0.2, 0.25) is 0 Å². The van der Waals surface area contributed by atoms with Gasteiger partial charge in [0.15, 0.2) is 0 Å². The molecule has 1 aliphatic heterocycles. The molecule has 0 spiro atoms. The molecule has 0 fully saturated rings. The molecule has 1 aliphatic rings. The lowest BCUT2D eigenvalue weighted by molar-refractivity contribution is 0.0555. The molecule has 76 valence electrons. The highest BCUT2D eigenvalue weighted by atomic mass is 16.5. The van der Waals surface area contributed by atoms with Gasteiger partial charge in [0, 0.05) is 0 Å². The van der Waals surface area contributed by atoms with E-state index in [0.717, 1.165) is 25.0 Å². The molecule has 0 bridgehead atoms. The molecule has 0 radical (unpaired) electrons. The van der Waals surface area contributed by atoms with Crippen LogP contribution in [-0.2, 0) is 6.42 Å². The van der Waals surface area contributed by atoms with Crippen molar-refractivity contribution in [3.8, 4) is 5.75 Å². The number of rotatable bonds is 2. The maximum Gasteiger partial charge on any atom is 0.123 e. The summed E-state index contributed by atoms with van der Waals surface area (Å²) < 4.78 is 6.06. The van der Waals surface area contributed by atoms with Gasteiger partial charge in [-0.2, -0.15) is 0 Å². The molecule has 1 atom stereocenters. The van der Waals surface area contributed by atoms with Crippen molar-refractivity contribution in [1.82, 2.24) is 0 Å². The number of para-hydroxylation sites is 1. The summed E-state index contributed by atoms with van der Waals surface area (Å²) in [6.07, 6.45) is 4.66. The van der Waals surface area contributed by atoms with Crippen molar-refractivity contribution in [1.29, 1.82) is 0 Å². The van der Waals surface area contributed by atoms with Crippen molar-refractivity contribution in [3.63, 3.8) is 0 Å². The third-order valence-electron chi connectivity index (χ3n) is 3.03. The quantitative estimate of drug-likeness (QED) is 0.692. The Balaban J connectivity index is 2.20. The van der Waals surface area contributed by atoms with Crippen molar-refractivity contribution in [2.45, 2.75) is 45.1 Å². The molecule has 0 saturated heterocycles. The van der Waals surface area contributed by atoms with Gasteiger partial charge >= 0.3 is 0 Å². The van der Waals surface area contributed by atoms with Crippen molar-refractivity contribution >= 4 is 0 Å². The van der Waals surface area contributed by atoms with Gasteiger partial charge in [-0.05, 0) is 37.8 Å². The second kappa shape index (κ2) is 3.64. The Labute approximate surface area is 86.1 Å². The topological polar surface area (TPSA) is 9.23 Å². The predicted molar refractivity (Wildman–Crippen MR) is 58.7 cm³/mol. The van der Waals surface area contributed by atoms with Crippen molar-refractivity contribution in [2.75, 3.05) is 0 Å². The summed E-state index contributed by atoms with van der Waals surface area (Å²) in [5.74, 6) is 1.09. The number of aryl methyl sites for hydroxylation is 1. The third kappa shape index (κ3) is 1.77. The summed E-state index contributed by atoms with van der Waals surface area (Å²) in [6.45, 7) is 4.45. The minimum absolute atomic E-state index is 0.0725. The minimum atomic E-state index is 0.0725. The smallest absolute Gasteiger partial charge is 0.123 e. The van der Waals surface area contributed by atoms with Crippen LogP contribution in [0, 0.1) is 0 Å². The van der Waals surface area contributed by atoms with Gasteiger partial charge in [-0.1, -0.05) is 31.5 Å². The second-order valence-corrected chi connectivity index (χ2v) is 4.41. The van der Waals surface area contributed by atoms with Crippen molar-refractivity contribution < 1.29 is 4.74 Å². The zero-order valence-corrected chi connectivity index (χ0v) is 9.05. The maximum absolute atomic E-state index is 6.06. The van der Waals surface area contributed by atoms with Crippen LogP contribution in [0.3, 0.4) is 0 Å². The number of fused-ring (bicyclic) bond motifs is 1. The standard InChI is InChI=1S/C13H18O/c1-3-9-13(2)10-8-11-6-4-5-7-12(11)14-13/h4-7H,3,8-10H2,1-2H3/t13-/m1/s1. The summed E-state index contributed by atoms with van der Waals surface area (Å²) in [7, 11) is 0. The number of hydrogen-bond acceptors (Lipinski definition) is 1. The van der Waals surface area contributed by atoms with Gasteiger partial charge in [0.05, 0.1) is 0 Å². The van der Waals surface area contributed by atoms with Gasteiger partial charge in [-0.3, -0.25) is 0 Å². The van der Waals surface area contributed by atoms with E-state index in [1.54, 1.807) is 0 Å². The first-order valence-corrected chi connectivity index (χ1v) is 5.50. The molecule has 0 amide bonds. The molecule has 0 aliphatic carbocycles. The fourth-order valence-electron chi connectivity index (χ4n) is 2.23. The molecule has 0 N–H and O–H groups in total. The van der Waals surface area contributed by atoms with Gasteiger partial charge in [-0.15, -0.1) is 0 Å². The Morgan fingerprint density at radius 3 is 2.93 bits per heavy atom. The third-order valence-corrected chi connectivity index (χ3v) is 3.03. The molecule has 0 aromatic heterocycles. The fraction of sp³-hybridized carbons (Fsp3) is 0.538. The summed E-state index contributed by atoms with van der Waals surface area (Å²) in [4.78, 5) is 0. The van der Waals surface area contributed by atoms with Gasteiger partial charge in [0.25, 0.3) is 0 Å². The van der Waals surface area contributed by atoms with Crippen LogP contribution in [0.1, 0.15) is 38.7 Å². The zero-order chi connectivity index (χ0) is 10.0. The number of hydrogen-bond donors (Lipinski definition) is 0. The highest BCUT2D eigenvalue weighted by molar-refractivity contribution is 5.35. The number of ether oxygens (including phenoxy) is 1. The maximum atomic E-state index is 6.06. The van der Waals surface area contributed by atoms with E-state index >= 15 is 0 Å². The van der Waals surface area contributed by atoms with E-state index in [-0.39, 0.29) is 5.60 Å².